The fraction of sp³-hybridized carbons (Fsp3) is 0.235. The number of para-hydroxylation sites is 1. The van der Waals surface area contributed by atoms with E-state index in [2.05, 4.69) is 5.32 Å². The van der Waals surface area contributed by atoms with Crippen molar-refractivity contribution < 1.29 is 9.53 Å². The Bertz CT molecular complexity index is 677. The number of rotatable bonds is 2. The molecule has 20 heavy (non-hydrogen) atoms. The van der Waals surface area contributed by atoms with Crippen molar-refractivity contribution in [3.05, 3.63) is 58.7 Å². The van der Waals surface area contributed by atoms with Gasteiger partial charge in [0.1, 0.15) is 6.61 Å². The molecule has 0 aliphatic carbocycles. The van der Waals surface area contributed by atoms with Crippen molar-refractivity contribution in [3.63, 3.8) is 0 Å². The maximum Gasteiger partial charge on any atom is 0.197 e. The molecule has 3 rings (SSSR count). The summed E-state index contributed by atoms with van der Waals surface area (Å²) < 4.78 is 5.68. The average Bonchev–Trinajstić information content (AvgIpc) is 2.49. The number of aryl methyl sites for hydroxylation is 1. The van der Waals surface area contributed by atoms with Gasteiger partial charge in [0.2, 0.25) is 0 Å². The van der Waals surface area contributed by atoms with E-state index < -0.39 is 0 Å². The second-order valence-corrected chi connectivity index (χ2v) is 5.03. The third-order valence-electron chi connectivity index (χ3n) is 3.77. The first kappa shape index (κ1) is 12.7. The Hall–Kier alpha value is -2.29. The van der Waals surface area contributed by atoms with Gasteiger partial charge in [-0.1, -0.05) is 24.3 Å². The number of carbonyl (C=O) groups excluding carboxylic acids is 1. The number of benzene rings is 2. The third-order valence-corrected chi connectivity index (χ3v) is 3.77. The fourth-order valence-electron chi connectivity index (χ4n) is 2.49. The summed E-state index contributed by atoms with van der Waals surface area (Å²) in [5.41, 5.74) is 4.42. The van der Waals surface area contributed by atoms with Crippen LogP contribution in [-0.4, -0.2) is 18.9 Å². The summed E-state index contributed by atoms with van der Waals surface area (Å²) in [5.74, 6) is 0.691. The van der Waals surface area contributed by atoms with E-state index in [9.17, 15) is 4.79 Å². The molecule has 2 aromatic carbocycles. The van der Waals surface area contributed by atoms with E-state index >= 15 is 0 Å². The number of nitrogens with one attached hydrogen (secondary N) is 1. The van der Waals surface area contributed by atoms with E-state index in [1.165, 1.54) is 0 Å². The summed E-state index contributed by atoms with van der Waals surface area (Å²) in [6, 6.07) is 11.5. The summed E-state index contributed by atoms with van der Waals surface area (Å²) in [5, 5.41) is 3.26. The van der Waals surface area contributed by atoms with E-state index in [1.54, 1.807) is 0 Å². The average molecular weight is 267 g/mol. The summed E-state index contributed by atoms with van der Waals surface area (Å²) in [6.45, 7) is 5.36. The van der Waals surface area contributed by atoms with Crippen LogP contribution in [0, 0.1) is 13.8 Å². The Labute approximate surface area is 118 Å². The molecule has 0 saturated carbocycles. The van der Waals surface area contributed by atoms with Crippen molar-refractivity contribution in [1.29, 1.82) is 0 Å². The molecule has 0 saturated heterocycles. The van der Waals surface area contributed by atoms with Crippen LogP contribution in [0.3, 0.4) is 0 Å². The molecule has 1 aliphatic rings. The second kappa shape index (κ2) is 5.00. The van der Waals surface area contributed by atoms with Crippen molar-refractivity contribution >= 4 is 11.5 Å². The number of anilines is 1. The normalized spacial score (nSPS) is 13.1. The SMILES string of the molecule is Cc1cccc(C(=O)c2cccc3c2OCCN3)c1C. The maximum atomic E-state index is 12.8. The molecule has 0 aromatic heterocycles. The van der Waals surface area contributed by atoms with Crippen LogP contribution < -0.4 is 10.1 Å². The van der Waals surface area contributed by atoms with E-state index in [4.69, 9.17) is 4.74 Å². The Balaban J connectivity index is 2.09. The minimum atomic E-state index is 0.0201. The highest BCUT2D eigenvalue weighted by Crippen LogP contribution is 2.33. The van der Waals surface area contributed by atoms with Gasteiger partial charge in [-0.2, -0.15) is 0 Å². The molecular formula is C17H17NO2. The molecule has 0 fully saturated rings. The van der Waals surface area contributed by atoms with Crippen molar-refractivity contribution in [2.45, 2.75) is 13.8 Å². The lowest BCUT2D eigenvalue weighted by Gasteiger charge is -2.21. The minimum Gasteiger partial charge on any atom is -0.489 e. The van der Waals surface area contributed by atoms with Crippen molar-refractivity contribution in [1.82, 2.24) is 0 Å². The zero-order chi connectivity index (χ0) is 14.1. The predicted octanol–water partition coefficient (Wildman–Crippen LogP) is 3.34. The smallest absolute Gasteiger partial charge is 0.197 e. The van der Waals surface area contributed by atoms with Crippen LogP contribution in [0.4, 0.5) is 5.69 Å². The van der Waals surface area contributed by atoms with Crippen LogP contribution in [0.15, 0.2) is 36.4 Å². The summed E-state index contributed by atoms with van der Waals surface area (Å²) in [4.78, 5) is 12.8. The monoisotopic (exact) mass is 267 g/mol. The first-order chi connectivity index (χ1) is 9.68. The van der Waals surface area contributed by atoms with Crippen molar-refractivity contribution in [2.75, 3.05) is 18.5 Å². The Kier molecular flexibility index (Phi) is 3.18. The van der Waals surface area contributed by atoms with Gasteiger partial charge >= 0.3 is 0 Å². The zero-order valence-corrected chi connectivity index (χ0v) is 11.7. The zero-order valence-electron chi connectivity index (χ0n) is 11.7. The van der Waals surface area contributed by atoms with Crippen LogP contribution in [0.25, 0.3) is 0 Å². The van der Waals surface area contributed by atoms with Gasteiger partial charge in [0.15, 0.2) is 11.5 Å². The lowest BCUT2D eigenvalue weighted by atomic mass is 9.95. The first-order valence-corrected chi connectivity index (χ1v) is 6.79. The van der Waals surface area contributed by atoms with Gasteiger partial charge < -0.3 is 10.1 Å². The van der Waals surface area contributed by atoms with Crippen LogP contribution in [0.5, 0.6) is 5.75 Å². The summed E-state index contributed by atoms with van der Waals surface area (Å²) in [7, 11) is 0. The van der Waals surface area contributed by atoms with E-state index in [0.29, 0.717) is 17.9 Å². The number of carbonyl (C=O) groups is 1. The molecule has 102 valence electrons. The highest BCUT2D eigenvalue weighted by Gasteiger charge is 2.21. The molecule has 0 atom stereocenters. The van der Waals surface area contributed by atoms with Gasteiger partial charge in [-0.25, -0.2) is 0 Å². The van der Waals surface area contributed by atoms with Gasteiger partial charge in [0.05, 0.1) is 11.3 Å². The third kappa shape index (κ3) is 2.05. The number of ether oxygens (including phenoxy) is 1. The number of hydrogen-bond acceptors (Lipinski definition) is 3. The molecular weight excluding hydrogens is 250 g/mol. The molecule has 3 heteroatoms. The standard InChI is InChI=1S/C17H17NO2/c1-11-5-3-6-13(12(11)2)16(19)14-7-4-8-15-17(14)20-10-9-18-15/h3-8,18H,9-10H2,1-2H3. The molecule has 0 amide bonds. The highest BCUT2D eigenvalue weighted by atomic mass is 16.5. The quantitative estimate of drug-likeness (QED) is 0.848. The summed E-state index contributed by atoms with van der Waals surface area (Å²) in [6.07, 6.45) is 0. The van der Waals surface area contributed by atoms with E-state index in [-0.39, 0.29) is 5.78 Å². The molecule has 0 unspecified atom stereocenters. The molecule has 3 nitrogen and oxygen atoms in total. The lowest BCUT2D eigenvalue weighted by molar-refractivity contribution is 0.103. The second-order valence-electron chi connectivity index (χ2n) is 5.03. The Morgan fingerprint density at radius 1 is 1.10 bits per heavy atom. The van der Waals surface area contributed by atoms with Crippen molar-refractivity contribution in [3.8, 4) is 5.75 Å². The largest absolute Gasteiger partial charge is 0.489 e. The Morgan fingerprint density at radius 2 is 1.85 bits per heavy atom. The molecule has 2 aromatic rings. The van der Waals surface area contributed by atoms with Crippen molar-refractivity contribution in [2.24, 2.45) is 0 Å². The van der Waals surface area contributed by atoms with Gasteiger partial charge in [-0.05, 0) is 37.1 Å². The lowest BCUT2D eigenvalue weighted by Crippen LogP contribution is -2.20. The highest BCUT2D eigenvalue weighted by molar-refractivity contribution is 6.12. The topological polar surface area (TPSA) is 38.3 Å². The summed E-state index contributed by atoms with van der Waals surface area (Å²) >= 11 is 0. The van der Waals surface area contributed by atoms with Crippen LogP contribution in [-0.2, 0) is 0 Å². The molecule has 0 spiro atoms. The van der Waals surface area contributed by atoms with Crippen LogP contribution in [0.1, 0.15) is 27.0 Å². The van der Waals surface area contributed by atoms with Gasteiger partial charge in [0.25, 0.3) is 0 Å². The van der Waals surface area contributed by atoms with E-state index in [1.807, 2.05) is 50.2 Å². The molecule has 1 heterocycles. The van der Waals surface area contributed by atoms with Crippen LogP contribution in [0.2, 0.25) is 0 Å². The number of hydrogen-bond donors (Lipinski definition) is 1. The Morgan fingerprint density at radius 3 is 2.70 bits per heavy atom. The molecule has 1 N–H and O–H groups in total. The number of ketones is 1. The fourth-order valence-corrected chi connectivity index (χ4v) is 2.49. The molecule has 0 bridgehead atoms. The maximum absolute atomic E-state index is 12.8. The van der Waals surface area contributed by atoms with Gasteiger partial charge in [-0.3, -0.25) is 4.79 Å². The minimum absolute atomic E-state index is 0.0201. The predicted molar refractivity (Wildman–Crippen MR) is 79.8 cm³/mol. The molecule has 1 aliphatic heterocycles. The van der Waals surface area contributed by atoms with Crippen LogP contribution >= 0.6 is 0 Å². The molecule has 0 radical (unpaired) electrons. The first-order valence-electron chi connectivity index (χ1n) is 6.79. The number of fused-ring (bicyclic) bond motifs is 1. The van der Waals surface area contributed by atoms with Gasteiger partial charge in [-0.15, -0.1) is 0 Å². The van der Waals surface area contributed by atoms with Gasteiger partial charge in [0, 0.05) is 12.1 Å². The van der Waals surface area contributed by atoms with E-state index in [0.717, 1.165) is 28.9 Å².